The number of carbonyl (C=O) groups excluding carboxylic acids is 1. The number of aliphatic hydroxyl groups is 1. The number of hydrogen-bond acceptors (Lipinski definition) is 4. The smallest absolute Gasteiger partial charge is 0.311 e. The predicted molar refractivity (Wildman–Crippen MR) is 66.7 cm³/mol. The molecule has 102 valence electrons. The molecular weight excluding hydrogens is 220 g/mol. The Morgan fingerprint density at radius 2 is 1.94 bits per heavy atom. The van der Waals surface area contributed by atoms with Gasteiger partial charge in [-0.2, -0.15) is 0 Å². The highest BCUT2D eigenvalue weighted by Gasteiger charge is 2.27. The second kappa shape index (κ2) is 7.67. The Kier molecular flexibility index (Phi) is 7.39. The zero-order valence-electron chi connectivity index (χ0n) is 11.7. The summed E-state index contributed by atoms with van der Waals surface area (Å²) in [5.74, 6) is -0.201. The van der Waals surface area contributed by atoms with Crippen LogP contribution in [0, 0.1) is 5.41 Å². The fourth-order valence-electron chi connectivity index (χ4n) is 1.17. The number of carbonyl (C=O) groups is 1. The summed E-state index contributed by atoms with van der Waals surface area (Å²) >= 11 is 0. The van der Waals surface area contributed by atoms with Crippen LogP contribution >= 0.6 is 0 Å². The molecule has 0 aromatic heterocycles. The van der Waals surface area contributed by atoms with Gasteiger partial charge in [-0.25, -0.2) is 0 Å². The quantitative estimate of drug-likeness (QED) is 0.667. The molecule has 0 bridgehead atoms. The Bertz CT molecular complexity index is 221. The summed E-state index contributed by atoms with van der Waals surface area (Å²) < 4.78 is 10.7. The average Bonchev–Trinajstić information content (AvgIpc) is 2.32. The standard InChI is InChI=1S/C13H26O4/c1-6-11(8-14)17-10(3)9-16-12(15)13(4,5)7-2/h10-11,14H,6-9H2,1-5H3. The number of hydrogen-bond donors (Lipinski definition) is 1. The van der Waals surface area contributed by atoms with Gasteiger partial charge in [0.1, 0.15) is 6.61 Å². The highest BCUT2D eigenvalue weighted by atomic mass is 16.6. The lowest BCUT2D eigenvalue weighted by Gasteiger charge is -2.23. The molecule has 0 spiro atoms. The SMILES string of the molecule is CCC(CO)OC(C)COC(=O)C(C)(C)CC. The minimum Gasteiger partial charge on any atom is -0.463 e. The van der Waals surface area contributed by atoms with Crippen molar-refractivity contribution in [1.29, 1.82) is 0 Å². The van der Waals surface area contributed by atoms with Gasteiger partial charge in [-0.05, 0) is 33.6 Å². The monoisotopic (exact) mass is 246 g/mol. The first-order chi connectivity index (χ1) is 7.87. The summed E-state index contributed by atoms with van der Waals surface area (Å²) in [5.41, 5.74) is -0.444. The van der Waals surface area contributed by atoms with E-state index in [0.717, 1.165) is 12.8 Å². The molecule has 0 aromatic rings. The molecule has 2 unspecified atom stereocenters. The second-order valence-electron chi connectivity index (χ2n) is 5.00. The lowest BCUT2D eigenvalue weighted by molar-refractivity contribution is -0.159. The molecule has 1 N–H and O–H groups in total. The van der Waals surface area contributed by atoms with Crippen molar-refractivity contribution in [3.05, 3.63) is 0 Å². The topological polar surface area (TPSA) is 55.8 Å². The van der Waals surface area contributed by atoms with Gasteiger partial charge in [-0.15, -0.1) is 0 Å². The van der Waals surface area contributed by atoms with Crippen molar-refractivity contribution < 1.29 is 19.4 Å². The van der Waals surface area contributed by atoms with E-state index in [-0.39, 0.29) is 31.4 Å². The van der Waals surface area contributed by atoms with Crippen molar-refractivity contribution >= 4 is 5.97 Å². The van der Waals surface area contributed by atoms with Gasteiger partial charge in [-0.1, -0.05) is 13.8 Å². The molecule has 4 heteroatoms. The maximum Gasteiger partial charge on any atom is 0.311 e. The first-order valence-corrected chi connectivity index (χ1v) is 6.30. The van der Waals surface area contributed by atoms with Crippen molar-refractivity contribution in [2.24, 2.45) is 5.41 Å². The molecule has 0 amide bonds. The van der Waals surface area contributed by atoms with Crippen LogP contribution in [0.25, 0.3) is 0 Å². The summed E-state index contributed by atoms with van der Waals surface area (Å²) in [4.78, 5) is 11.7. The van der Waals surface area contributed by atoms with Gasteiger partial charge in [0.2, 0.25) is 0 Å². The number of ether oxygens (including phenoxy) is 2. The van der Waals surface area contributed by atoms with Crippen LogP contribution in [-0.2, 0) is 14.3 Å². The van der Waals surface area contributed by atoms with Crippen LogP contribution in [0.4, 0.5) is 0 Å². The van der Waals surface area contributed by atoms with Crippen LogP contribution in [0.3, 0.4) is 0 Å². The van der Waals surface area contributed by atoms with Gasteiger partial charge in [0.25, 0.3) is 0 Å². The highest BCUT2D eigenvalue weighted by molar-refractivity contribution is 5.75. The summed E-state index contributed by atoms with van der Waals surface area (Å²) in [6.07, 6.45) is 1.12. The Hall–Kier alpha value is -0.610. The van der Waals surface area contributed by atoms with Crippen LogP contribution < -0.4 is 0 Å². The molecule has 0 aliphatic carbocycles. The van der Waals surface area contributed by atoms with Gasteiger partial charge in [0.15, 0.2) is 0 Å². The van der Waals surface area contributed by atoms with Crippen LogP contribution in [0.5, 0.6) is 0 Å². The summed E-state index contributed by atoms with van der Waals surface area (Å²) in [7, 11) is 0. The molecule has 2 atom stereocenters. The van der Waals surface area contributed by atoms with Crippen molar-refractivity contribution in [2.45, 2.75) is 59.7 Å². The predicted octanol–water partition coefficient (Wildman–Crippen LogP) is 2.14. The third-order valence-corrected chi connectivity index (χ3v) is 2.97. The molecule has 0 fully saturated rings. The van der Waals surface area contributed by atoms with E-state index >= 15 is 0 Å². The zero-order valence-corrected chi connectivity index (χ0v) is 11.7. The molecular formula is C13H26O4. The number of rotatable bonds is 8. The van der Waals surface area contributed by atoms with E-state index in [9.17, 15) is 4.79 Å². The molecule has 0 saturated heterocycles. The molecule has 0 aromatic carbocycles. The van der Waals surface area contributed by atoms with E-state index < -0.39 is 5.41 Å². The minimum atomic E-state index is -0.444. The minimum absolute atomic E-state index is 0.00472. The fraction of sp³-hybridized carbons (Fsp3) is 0.923. The summed E-state index contributed by atoms with van der Waals surface area (Å²) in [6, 6.07) is 0. The average molecular weight is 246 g/mol. The molecule has 0 saturated carbocycles. The van der Waals surface area contributed by atoms with Crippen LogP contribution in [0.2, 0.25) is 0 Å². The molecule has 4 nitrogen and oxygen atoms in total. The van der Waals surface area contributed by atoms with Gasteiger partial charge in [-0.3, -0.25) is 4.79 Å². The maximum absolute atomic E-state index is 11.7. The molecule has 0 heterocycles. The Morgan fingerprint density at radius 1 is 1.35 bits per heavy atom. The largest absolute Gasteiger partial charge is 0.463 e. The van der Waals surface area contributed by atoms with Gasteiger partial charge in [0, 0.05) is 0 Å². The van der Waals surface area contributed by atoms with Gasteiger partial charge >= 0.3 is 5.97 Å². The van der Waals surface area contributed by atoms with Crippen LogP contribution in [0.15, 0.2) is 0 Å². The lowest BCUT2D eigenvalue weighted by atomic mass is 9.91. The Morgan fingerprint density at radius 3 is 2.35 bits per heavy atom. The fourth-order valence-corrected chi connectivity index (χ4v) is 1.17. The molecule has 0 aliphatic heterocycles. The van der Waals surface area contributed by atoms with Crippen molar-refractivity contribution in [3.63, 3.8) is 0 Å². The molecule has 17 heavy (non-hydrogen) atoms. The van der Waals surface area contributed by atoms with Gasteiger partial charge < -0.3 is 14.6 Å². The maximum atomic E-state index is 11.7. The Balaban J connectivity index is 3.99. The van der Waals surface area contributed by atoms with Crippen LogP contribution in [0.1, 0.15) is 47.5 Å². The van der Waals surface area contributed by atoms with E-state index in [4.69, 9.17) is 14.6 Å². The van der Waals surface area contributed by atoms with Crippen molar-refractivity contribution in [1.82, 2.24) is 0 Å². The summed E-state index contributed by atoms with van der Waals surface area (Å²) in [5, 5.41) is 8.99. The normalized spacial score (nSPS) is 15.4. The lowest BCUT2D eigenvalue weighted by Crippen LogP contribution is -2.31. The molecule has 0 rings (SSSR count). The Labute approximate surface area is 104 Å². The first kappa shape index (κ1) is 16.4. The van der Waals surface area contributed by atoms with E-state index in [0.29, 0.717) is 0 Å². The van der Waals surface area contributed by atoms with Crippen molar-refractivity contribution in [3.8, 4) is 0 Å². The zero-order chi connectivity index (χ0) is 13.5. The third-order valence-electron chi connectivity index (χ3n) is 2.97. The number of esters is 1. The highest BCUT2D eigenvalue weighted by Crippen LogP contribution is 2.21. The summed E-state index contributed by atoms with van der Waals surface area (Å²) in [6.45, 7) is 9.70. The van der Waals surface area contributed by atoms with E-state index in [1.807, 2.05) is 34.6 Å². The van der Waals surface area contributed by atoms with Gasteiger partial charge in [0.05, 0.1) is 24.2 Å². The van der Waals surface area contributed by atoms with Crippen LogP contribution in [-0.4, -0.2) is 36.5 Å². The van der Waals surface area contributed by atoms with E-state index in [2.05, 4.69) is 0 Å². The van der Waals surface area contributed by atoms with E-state index in [1.54, 1.807) is 0 Å². The first-order valence-electron chi connectivity index (χ1n) is 6.30. The second-order valence-corrected chi connectivity index (χ2v) is 5.00. The van der Waals surface area contributed by atoms with Crippen molar-refractivity contribution in [2.75, 3.05) is 13.2 Å². The molecule has 0 radical (unpaired) electrons. The molecule has 0 aliphatic rings. The third kappa shape index (κ3) is 6.03. The van der Waals surface area contributed by atoms with E-state index in [1.165, 1.54) is 0 Å². The number of aliphatic hydroxyl groups excluding tert-OH is 1.